The fourth-order valence-electron chi connectivity index (χ4n) is 1.04. The molecular formula is C10H15Cl2N3O2. The van der Waals surface area contributed by atoms with Crippen molar-refractivity contribution in [3.8, 4) is 5.88 Å². The standard InChI is InChI=1S/C10H14ClN3O2.ClH/c11-8-2-1-5-14-10(8)16-7-6-13-9(15)3-4-12;/h1-2,5H,3-4,6-7,12H2,(H,13,15);1H. The Bertz CT molecular complexity index is 350. The Morgan fingerprint density at radius 1 is 1.59 bits per heavy atom. The van der Waals surface area contributed by atoms with E-state index in [-0.39, 0.29) is 18.3 Å². The van der Waals surface area contributed by atoms with Gasteiger partial charge in [-0.25, -0.2) is 4.98 Å². The zero-order valence-electron chi connectivity index (χ0n) is 9.19. The third-order valence-electron chi connectivity index (χ3n) is 1.76. The number of carbonyl (C=O) groups excluding carboxylic acids is 1. The van der Waals surface area contributed by atoms with Crippen molar-refractivity contribution in [3.05, 3.63) is 23.4 Å². The number of nitrogens with zero attached hydrogens (tertiary/aromatic N) is 1. The minimum atomic E-state index is -0.0850. The van der Waals surface area contributed by atoms with Crippen LogP contribution in [0.2, 0.25) is 5.02 Å². The van der Waals surface area contributed by atoms with Crippen LogP contribution in [0.5, 0.6) is 5.88 Å². The van der Waals surface area contributed by atoms with Crippen LogP contribution in [0.3, 0.4) is 0 Å². The molecule has 17 heavy (non-hydrogen) atoms. The predicted octanol–water partition coefficient (Wildman–Crippen LogP) is 1.00. The number of carbonyl (C=O) groups is 1. The van der Waals surface area contributed by atoms with Crippen molar-refractivity contribution in [1.29, 1.82) is 0 Å². The summed E-state index contributed by atoms with van der Waals surface area (Å²) in [6, 6.07) is 3.41. The summed E-state index contributed by atoms with van der Waals surface area (Å²) in [5, 5.41) is 3.11. The summed E-state index contributed by atoms with van der Waals surface area (Å²) in [6.45, 7) is 1.08. The van der Waals surface area contributed by atoms with Crippen LogP contribution < -0.4 is 15.8 Å². The first-order valence-corrected chi connectivity index (χ1v) is 5.32. The van der Waals surface area contributed by atoms with E-state index in [9.17, 15) is 4.79 Å². The summed E-state index contributed by atoms with van der Waals surface area (Å²) in [7, 11) is 0. The molecule has 0 saturated carbocycles. The lowest BCUT2D eigenvalue weighted by molar-refractivity contribution is -0.121. The molecule has 1 aromatic heterocycles. The highest BCUT2D eigenvalue weighted by molar-refractivity contribution is 6.31. The van der Waals surface area contributed by atoms with Gasteiger partial charge < -0.3 is 15.8 Å². The smallest absolute Gasteiger partial charge is 0.232 e. The molecule has 0 aliphatic heterocycles. The second-order valence-corrected chi connectivity index (χ2v) is 3.43. The second kappa shape index (κ2) is 9.04. The van der Waals surface area contributed by atoms with E-state index in [1.54, 1.807) is 18.3 Å². The molecule has 0 bridgehead atoms. The molecule has 0 unspecified atom stereocenters. The minimum Gasteiger partial charge on any atom is -0.475 e. The van der Waals surface area contributed by atoms with Gasteiger partial charge in [0.15, 0.2) is 0 Å². The molecule has 1 amide bonds. The van der Waals surface area contributed by atoms with Crippen LogP contribution in [0.1, 0.15) is 6.42 Å². The number of ether oxygens (including phenoxy) is 1. The Labute approximate surface area is 111 Å². The number of aromatic nitrogens is 1. The normalized spacial score (nSPS) is 9.29. The van der Waals surface area contributed by atoms with Crippen molar-refractivity contribution >= 4 is 29.9 Å². The Hall–Kier alpha value is -1.04. The van der Waals surface area contributed by atoms with Crippen molar-refractivity contribution in [2.45, 2.75) is 6.42 Å². The van der Waals surface area contributed by atoms with Crippen LogP contribution in [0.15, 0.2) is 18.3 Å². The molecule has 0 fully saturated rings. The Morgan fingerprint density at radius 3 is 3.00 bits per heavy atom. The van der Waals surface area contributed by atoms with Gasteiger partial charge in [-0.15, -0.1) is 12.4 Å². The van der Waals surface area contributed by atoms with Crippen molar-refractivity contribution in [3.63, 3.8) is 0 Å². The minimum absolute atomic E-state index is 0. The van der Waals surface area contributed by atoms with Crippen LogP contribution in [0, 0.1) is 0 Å². The molecule has 0 aliphatic rings. The molecule has 0 atom stereocenters. The Kier molecular flexibility index (Phi) is 8.49. The topological polar surface area (TPSA) is 77.2 Å². The number of nitrogens with two attached hydrogens (primary N) is 1. The first-order valence-electron chi connectivity index (χ1n) is 4.94. The summed E-state index contributed by atoms with van der Waals surface area (Å²) in [4.78, 5) is 15.0. The van der Waals surface area contributed by atoms with Crippen molar-refractivity contribution in [2.24, 2.45) is 5.73 Å². The van der Waals surface area contributed by atoms with E-state index in [0.717, 1.165) is 0 Å². The lowest BCUT2D eigenvalue weighted by Gasteiger charge is -2.07. The molecule has 1 aromatic rings. The second-order valence-electron chi connectivity index (χ2n) is 3.03. The van der Waals surface area contributed by atoms with Gasteiger partial charge in [0.05, 0.1) is 6.54 Å². The van der Waals surface area contributed by atoms with Gasteiger partial charge >= 0.3 is 0 Å². The average molecular weight is 280 g/mol. The fourth-order valence-corrected chi connectivity index (χ4v) is 1.21. The number of pyridine rings is 1. The van der Waals surface area contributed by atoms with Gasteiger partial charge in [0, 0.05) is 19.2 Å². The molecule has 0 aliphatic carbocycles. The molecule has 0 aromatic carbocycles. The highest BCUT2D eigenvalue weighted by Crippen LogP contribution is 2.19. The largest absolute Gasteiger partial charge is 0.475 e. The van der Waals surface area contributed by atoms with Crippen LogP contribution in [0.25, 0.3) is 0 Å². The predicted molar refractivity (Wildman–Crippen MR) is 68.7 cm³/mol. The van der Waals surface area contributed by atoms with E-state index >= 15 is 0 Å². The zero-order chi connectivity index (χ0) is 11.8. The van der Waals surface area contributed by atoms with E-state index in [1.807, 2.05) is 0 Å². The number of rotatable bonds is 6. The maximum atomic E-state index is 11.0. The van der Waals surface area contributed by atoms with Crippen molar-refractivity contribution in [1.82, 2.24) is 10.3 Å². The van der Waals surface area contributed by atoms with Gasteiger partial charge in [-0.2, -0.15) is 0 Å². The number of amides is 1. The highest BCUT2D eigenvalue weighted by Gasteiger charge is 2.02. The van der Waals surface area contributed by atoms with Crippen LogP contribution >= 0.6 is 24.0 Å². The summed E-state index contributed by atoms with van der Waals surface area (Å²) in [5.41, 5.74) is 5.23. The maximum absolute atomic E-state index is 11.0. The molecule has 3 N–H and O–H groups in total. The quantitative estimate of drug-likeness (QED) is 0.762. The molecule has 0 saturated heterocycles. The van der Waals surface area contributed by atoms with Crippen LogP contribution in [-0.4, -0.2) is 30.6 Å². The molecule has 7 heteroatoms. The molecular weight excluding hydrogens is 265 g/mol. The van der Waals surface area contributed by atoms with E-state index in [4.69, 9.17) is 22.1 Å². The summed E-state index contributed by atoms with van der Waals surface area (Å²) >= 11 is 5.82. The van der Waals surface area contributed by atoms with E-state index in [0.29, 0.717) is 37.0 Å². The van der Waals surface area contributed by atoms with Gasteiger partial charge in [0.25, 0.3) is 0 Å². The van der Waals surface area contributed by atoms with Crippen LogP contribution in [0.4, 0.5) is 0 Å². The third kappa shape index (κ3) is 6.31. The van der Waals surface area contributed by atoms with Gasteiger partial charge in [-0.05, 0) is 12.1 Å². The molecule has 1 rings (SSSR count). The number of hydrogen-bond donors (Lipinski definition) is 2. The average Bonchev–Trinajstić information content (AvgIpc) is 2.27. The van der Waals surface area contributed by atoms with E-state index in [1.165, 1.54) is 0 Å². The molecule has 0 spiro atoms. The van der Waals surface area contributed by atoms with Gasteiger partial charge in [0.1, 0.15) is 11.6 Å². The summed E-state index contributed by atoms with van der Waals surface area (Å²) < 4.78 is 5.28. The Morgan fingerprint density at radius 2 is 2.35 bits per heavy atom. The first-order chi connectivity index (χ1) is 7.74. The lowest BCUT2D eigenvalue weighted by Crippen LogP contribution is -2.29. The molecule has 0 radical (unpaired) electrons. The zero-order valence-corrected chi connectivity index (χ0v) is 10.8. The molecule has 96 valence electrons. The first kappa shape index (κ1) is 16.0. The molecule has 5 nitrogen and oxygen atoms in total. The number of halogens is 2. The fraction of sp³-hybridized carbons (Fsp3) is 0.400. The maximum Gasteiger partial charge on any atom is 0.232 e. The van der Waals surface area contributed by atoms with Crippen molar-refractivity contribution < 1.29 is 9.53 Å². The Balaban J connectivity index is 0.00000256. The number of hydrogen-bond acceptors (Lipinski definition) is 4. The lowest BCUT2D eigenvalue weighted by atomic mass is 10.4. The third-order valence-corrected chi connectivity index (χ3v) is 2.05. The van der Waals surface area contributed by atoms with Gasteiger partial charge in [-0.1, -0.05) is 11.6 Å². The van der Waals surface area contributed by atoms with E-state index in [2.05, 4.69) is 10.3 Å². The number of nitrogens with one attached hydrogen (secondary N) is 1. The SMILES string of the molecule is Cl.NCCC(=O)NCCOc1ncccc1Cl. The summed E-state index contributed by atoms with van der Waals surface area (Å²) in [5.74, 6) is 0.287. The highest BCUT2D eigenvalue weighted by atomic mass is 35.5. The van der Waals surface area contributed by atoms with Crippen molar-refractivity contribution in [2.75, 3.05) is 19.7 Å². The van der Waals surface area contributed by atoms with Gasteiger partial charge in [0.2, 0.25) is 11.8 Å². The monoisotopic (exact) mass is 279 g/mol. The van der Waals surface area contributed by atoms with Gasteiger partial charge in [-0.3, -0.25) is 4.79 Å². The van der Waals surface area contributed by atoms with E-state index < -0.39 is 0 Å². The van der Waals surface area contributed by atoms with Crippen LogP contribution in [-0.2, 0) is 4.79 Å². The summed E-state index contributed by atoms with van der Waals surface area (Å²) in [6.07, 6.45) is 1.92. The molecule has 1 heterocycles.